The van der Waals surface area contributed by atoms with Crippen LogP contribution >= 0.6 is 0 Å². The predicted octanol–water partition coefficient (Wildman–Crippen LogP) is 3.71. The van der Waals surface area contributed by atoms with E-state index in [4.69, 9.17) is 19.9 Å². The van der Waals surface area contributed by atoms with E-state index in [0.29, 0.717) is 54.2 Å². The van der Waals surface area contributed by atoms with Crippen LogP contribution in [-0.4, -0.2) is 95.0 Å². The monoisotopic (exact) mass is 826 g/mol. The van der Waals surface area contributed by atoms with E-state index in [2.05, 4.69) is 27.3 Å². The van der Waals surface area contributed by atoms with Crippen LogP contribution in [0.3, 0.4) is 0 Å². The lowest BCUT2D eigenvalue weighted by Gasteiger charge is -2.34. The van der Waals surface area contributed by atoms with Gasteiger partial charge in [0, 0.05) is 29.5 Å². The van der Waals surface area contributed by atoms with Gasteiger partial charge in [-0.2, -0.15) is 0 Å². The van der Waals surface area contributed by atoms with Crippen LogP contribution in [0.2, 0.25) is 0 Å². The second kappa shape index (κ2) is 16.3. The quantitative estimate of drug-likeness (QED) is 0.180. The van der Waals surface area contributed by atoms with Gasteiger partial charge in [-0.15, -0.1) is 0 Å². The fourth-order valence-electron chi connectivity index (χ4n) is 8.08. The fourth-order valence-corrected chi connectivity index (χ4v) is 9.39. The van der Waals surface area contributed by atoms with Crippen molar-refractivity contribution in [1.29, 1.82) is 0 Å². The van der Waals surface area contributed by atoms with Gasteiger partial charge in [-0.3, -0.25) is 19.1 Å². The predicted molar refractivity (Wildman–Crippen MR) is 215 cm³/mol. The Labute approximate surface area is 340 Å². The van der Waals surface area contributed by atoms with Crippen molar-refractivity contribution in [2.75, 3.05) is 13.7 Å². The van der Waals surface area contributed by atoms with Crippen LogP contribution in [-0.2, 0) is 29.1 Å². The molecule has 6 N–H and O–H groups in total. The van der Waals surface area contributed by atoms with Crippen molar-refractivity contribution < 1.29 is 46.9 Å². The Morgan fingerprint density at radius 1 is 1.17 bits per heavy atom. The largest absolute Gasteiger partial charge is 0.497 e. The van der Waals surface area contributed by atoms with Crippen molar-refractivity contribution >= 4 is 44.6 Å². The van der Waals surface area contributed by atoms with Crippen LogP contribution in [0.15, 0.2) is 36.5 Å². The average Bonchev–Trinajstić information content (AvgIpc) is 4.03. The Balaban J connectivity index is 1.38. The molecule has 17 heteroatoms. The number of aromatic nitrogens is 1. The summed E-state index contributed by atoms with van der Waals surface area (Å²) in [6.45, 7) is 10.7. The van der Waals surface area contributed by atoms with E-state index < -0.39 is 80.1 Å². The van der Waals surface area contributed by atoms with Gasteiger partial charge in [0.15, 0.2) is 0 Å². The highest BCUT2D eigenvalue weighted by molar-refractivity contribution is 7.91. The number of benzene rings is 1. The molecule has 6 rings (SSSR count). The molecule has 8 unspecified atom stereocenters. The third-order valence-electron chi connectivity index (χ3n) is 12.0. The zero-order valence-electron chi connectivity index (χ0n) is 34.4. The number of alkyl carbamates (subject to hydrolysis) is 1. The number of nitrogens with zero attached hydrogens (tertiary/aromatic N) is 2. The summed E-state index contributed by atoms with van der Waals surface area (Å²) < 4.78 is 45.2. The van der Waals surface area contributed by atoms with E-state index >= 15 is 0 Å². The van der Waals surface area contributed by atoms with Gasteiger partial charge in [-0.05, 0) is 102 Å². The Kier molecular flexibility index (Phi) is 12.1. The first-order valence-electron chi connectivity index (χ1n) is 20.1. The number of amides is 4. The molecule has 318 valence electrons. The number of sulfonamides is 1. The molecule has 1 aromatic heterocycles. The highest BCUT2D eigenvalue weighted by atomic mass is 32.2. The smallest absolute Gasteiger partial charge is 0.408 e. The summed E-state index contributed by atoms with van der Waals surface area (Å²) in [4.78, 5) is 62.7. The Hall–Kier alpha value is -4.48. The highest BCUT2D eigenvalue weighted by Crippen LogP contribution is 2.48. The second-order valence-corrected chi connectivity index (χ2v) is 19.8. The third kappa shape index (κ3) is 9.05. The number of hydrogen-bond acceptors (Lipinski definition) is 12. The SMILES string of the molecule is CCC1CC(C)CCC=CC2CC2(C(=O)NS(=O)(=O)C2(C)CC2)NC(=O)C2CC(Oc3ncc(C(N)O)c4cc(OC)ccc34)CN2C(=O)C1NC(=O)OC(C)(C)C. The number of pyridine rings is 1. The summed E-state index contributed by atoms with van der Waals surface area (Å²) >= 11 is 0. The van der Waals surface area contributed by atoms with Gasteiger partial charge >= 0.3 is 6.09 Å². The number of nitrogens with two attached hydrogens (primary N) is 1. The summed E-state index contributed by atoms with van der Waals surface area (Å²) in [6.07, 6.45) is 5.78. The van der Waals surface area contributed by atoms with E-state index in [1.165, 1.54) is 18.2 Å². The minimum atomic E-state index is -4.03. The molecular formula is C41H58N6O10S. The summed E-state index contributed by atoms with van der Waals surface area (Å²) in [6, 6.07) is 2.83. The molecule has 0 spiro atoms. The molecule has 4 amide bonds. The first-order valence-corrected chi connectivity index (χ1v) is 21.6. The number of nitrogens with one attached hydrogen (secondary N) is 3. The summed E-state index contributed by atoms with van der Waals surface area (Å²) in [5.74, 6) is -2.03. The molecule has 3 fully saturated rings. The first-order chi connectivity index (χ1) is 27.2. The highest BCUT2D eigenvalue weighted by Gasteiger charge is 2.63. The Bertz CT molecular complexity index is 2060. The molecular weight excluding hydrogens is 769 g/mol. The average molecular weight is 827 g/mol. The Morgan fingerprint density at radius 3 is 2.53 bits per heavy atom. The lowest BCUT2D eigenvalue weighted by molar-refractivity contribution is -0.142. The summed E-state index contributed by atoms with van der Waals surface area (Å²) in [7, 11) is -2.52. The van der Waals surface area contributed by atoms with E-state index in [9.17, 15) is 32.7 Å². The molecule has 1 aromatic carbocycles. The van der Waals surface area contributed by atoms with Crippen LogP contribution in [0.4, 0.5) is 4.79 Å². The molecule has 2 aliphatic carbocycles. The van der Waals surface area contributed by atoms with E-state index in [1.54, 1.807) is 45.9 Å². The van der Waals surface area contributed by atoms with Crippen molar-refractivity contribution in [2.24, 2.45) is 23.5 Å². The number of aliphatic hydroxyl groups is 1. The van der Waals surface area contributed by atoms with Gasteiger partial charge in [0.25, 0.3) is 5.91 Å². The zero-order valence-corrected chi connectivity index (χ0v) is 35.2. The molecule has 0 bridgehead atoms. The molecule has 58 heavy (non-hydrogen) atoms. The maximum atomic E-state index is 15.0. The van der Waals surface area contributed by atoms with Crippen molar-refractivity contribution in [3.63, 3.8) is 0 Å². The number of allylic oxidation sites excluding steroid dienone is 1. The number of rotatable bonds is 9. The van der Waals surface area contributed by atoms with Gasteiger partial charge < -0.3 is 40.6 Å². The van der Waals surface area contributed by atoms with Crippen LogP contribution in [0.1, 0.15) is 105 Å². The van der Waals surface area contributed by atoms with Gasteiger partial charge in [-0.25, -0.2) is 18.2 Å². The van der Waals surface area contributed by atoms with Crippen molar-refractivity contribution in [1.82, 2.24) is 25.2 Å². The molecule has 3 heterocycles. The van der Waals surface area contributed by atoms with Crippen LogP contribution < -0.4 is 30.6 Å². The molecule has 4 aliphatic rings. The van der Waals surface area contributed by atoms with Crippen molar-refractivity contribution in [2.45, 2.75) is 133 Å². The maximum absolute atomic E-state index is 15.0. The van der Waals surface area contributed by atoms with E-state index in [0.717, 1.165) is 6.42 Å². The molecule has 1 saturated heterocycles. The fraction of sp³-hybridized carbons (Fsp3) is 0.634. The maximum Gasteiger partial charge on any atom is 0.408 e. The van der Waals surface area contributed by atoms with Crippen LogP contribution in [0.25, 0.3) is 10.8 Å². The van der Waals surface area contributed by atoms with Gasteiger partial charge in [0.05, 0.1) is 18.4 Å². The molecule has 2 saturated carbocycles. The molecule has 16 nitrogen and oxygen atoms in total. The standard InChI is InChI=1S/C41H58N6O10S/c1-8-24-17-23(2)11-9-10-12-25-20-41(25,37(51)46-58(53,54)40(6)15-16-40)45-34(49)31-19-27(22-47(31)36(50)32(24)44-38(52)57-39(3,4)5)56-35-28-14-13-26(55-7)18-29(28)30(21-43-35)33(42)48/h10,12-14,18,21,23-25,27,31-33,48H,8-9,11,15-17,19-20,22,42H2,1-7H3,(H,44,52)(H,45,49)(H,46,51). The minimum Gasteiger partial charge on any atom is -0.497 e. The van der Waals surface area contributed by atoms with Gasteiger partial charge in [0.2, 0.25) is 27.7 Å². The number of fused-ring (bicyclic) bond motifs is 3. The number of carbonyl (C=O) groups is 4. The lowest BCUT2D eigenvalue weighted by atomic mass is 9.85. The summed E-state index contributed by atoms with van der Waals surface area (Å²) in [5, 5.41) is 17.1. The lowest BCUT2D eigenvalue weighted by Crippen LogP contribution is -2.59. The number of hydrogen-bond donors (Lipinski definition) is 5. The summed E-state index contributed by atoms with van der Waals surface area (Å²) in [5.41, 5.74) is 3.77. The molecule has 2 aliphatic heterocycles. The Morgan fingerprint density at radius 2 is 1.90 bits per heavy atom. The van der Waals surface area contributed by atoms with Crippen LogP contribution in [0, 0.1) is 17.8 Å². The normalized spacial score (nSPS) is 29.2. The number of methoxy groups -OCH3 is 1. The van der Waals surface area contributed by atoms with Gasteiger partial charge in [-0.1, -0.05) is 32.4 Å². The third-order valence-corrected chi connectivity index (χ3v) is 14.1. The molecule has 2 aromatic rings. The van der Waals surface area contributed by atoms with E-state index in [1.807, 2.05) is 19.1 Å². The minimum absolute atomic E-state index is 0.0287. The topological polar surface area (TPSA) is 229 Å². The second-order valence-electron chi connectivity index (χ2n) is 17.7. The number of carbonyl (C=O) groups excluding carboxylic acids is 4. The van der Waals surface area contributed by atoms with Crippen molar-refractivity contribution in [3.05, 3.63) is 42.1 Å². The number of aliphatic hydroxyl groups excluding tert-OH is 1. The first kappa shape index (κ1) is 43.1. The van der Waals surface area contributed by atoms with Gasteiger partial charge in [0.1, 0.15) is 41.3 Å². The van der Waals surface area contributed by atoms with Crippen molar-refractivity contribution in [3.8, 4) is 11.6 Å². The van der Waals surface area contributed by atoms with Crippen LogP contribution in [0.5, 0.6) is 11.6 Å². The number of ether oxygens (including phenoxy) is 3. The van der Waals surface area contributed by atoms with E-state index in [-0.39, 0.29) is 37.1 Å². The molecule has 0 radical (unpaired) electrons. The zero-order chi connectivity index (χ0) is 42.4. The molecule has 8 atom stereocenters.